The fourth-order valence-electron chi connectivity index (χ4n) is 2.01. The van der Waals surface area contributed by atoms with Gasteiger partial charge in [0.15, 0.2) is 17.3 Å². The molecule has 96 valence electrons. The zero-order valence-electron chi connectivity index (χ0n) is 10.6. The molecule has 0 aliphatic carbocycles. The maximum Gasteiger partial charge on any atom is 0.198 e. The quantitative estimate of drug-likeness (QED) is 0.773. The van der Waals surface area contributed by atoms with Crippen LogP contribution in [0.1, 0.15) is 21.6 Å². The first kappa shape index (κ1) is 11.7. The van der Waals surface area contributed by atoms with E-state index in [0.29, 0.717) is 35.8 Å². The van der Waals surface area contributed by atoms with Gasteiger partial charge in [-0.1, -0.05) is 6.07 Å². The van der Waals surface area contributed by atoms with Crippen LogP contribution in [0.4, 0.5) is 0 Å². The van der Waals surface area contributed by atoms with Gasteiger partial charge < -0.3 is 9.47 Å². The minimum absolute atomic E-state index is 0.102. The lowest BCUT2D eigenvalue weighted by Crippen LogP contribution is -2.18. The summed E-state index contributed by atoms with van der Waals surface area (Å²) in [5.41, 5.74) is 1.95. The van der Waals surface area contributed by atoms with E-state index in [1.807, 2.05) is 13.0 Å². The van der Waals surface area contributed by atoms with Crippen LogP contribution < -0.4 is 9.47 Å². The lowest BCUT2D eigenvalue weighted by Gasteiger charge is -2.20. The third kappa shape index (κ3) is 2.17. The van der Waals surface area contributed by atoms with Gasteiger partial charge >= 0.3 is 0 Å². The summed E-state index contributed by atoms with van der Waals surface area (Å²) in [7, 11) is 0. The average Bonchev–Trinajstić information content (AvgIpc) is 2.47. The Labute approximate surface area is 111 Å². The molecular weight excluding hydrogens is 242 g/mol. The highest BCUT2D eigenvalue weighted by atomic mass is 16.6. The molecule has 0 unspecified atom stereocenters. The number of benzene rings is 1. The molecule has 19 heavy (non-hydrogen) atoms. The van der Waals surface area contributed by atoms with Crippen LogP contribution in [-0.4, -0.2) is 24.0 Å². The summed E-state index contributed by atoms with van der Waals surface area (Å²) >= 11 is 0. The number of para-hydroxylation sites is 1. The van der Waals surface area contributed by atoms with Crippen LogP contribution >= 0.6 is 0 Å². The molecule has 2 aromatic rings. The van der Waals surface area contributed by atoms with Crippen molar-refractivity contribution in [3.05, 3.63) is 53.3 Å². The second-order valence-electron chi connectivity index (χ2n) is 4.35. The van der Waals surface area contributed by atoms with E-state index in [9.17, 15) is 4.79 Å². The van der Waals surface area contributed by atoms with Crippen molar-refractivity contribution < 1.29 is 14.3 Å². The van der Waals surface area contributed by atoms with Crippen molar-refractivity contribution >= 4 is 5.78 Å². The Morgan fingerprint density at radius 2 is 2.00 bits per heavy atom. The predicted molar refractivity (Wildman–Crippen MR) is 69.8 cm³/mol. The molecule has 0 bridgehead atoms. The number of hydrogen-bond acceptors (Lipinski definition) is 4. The Bertz CT molecular complexity index is 620. The summed E-state index contributed by atoms with van der Waals surface area (Å²) in [6.45, 7) is 2.86. The van der Waals surface area contributed by atoms with Gasteiger partial charge in [0.05, 0.1) is 5.56 Å². The van der Waals surface area contributed by atoms with Crippen LogP contribution in [0, 0.1) is 6.92 Å². The second kappa shape index (κ2) is 4.72. The highest BCUT2D eigenvalue weighted by molar-refractivity contribution is 6.11. The van der Waals surface area contributed by atoms with Crippen LogP contribution in [0.25, 0.3) is 0 Å². The number of carbonyl (C=O) groups excluding carboxylic acids is 1. The molecule has 1 aromatic heterocycles. The monoisotopic (exact) mass is 255 g/mol. The van der Waals surface area contributed by atoms with Crippen molar-refractivity contribution in [2.24, 2.45) is 0 Å². The first-order valence-corrected chi connectivity index (χ1v) is 6.11. The molecule has 2 heterocycles. The molecule has 4 heteroatoms. The van der Waals surface area contributed by atoms with Crippen molar-refractivity contribution in [1.82, 2.24) is 4.98 Å². The molecule has 4 nitrogen and oxygen atoms in total. The third-order valence-corrected chi connectivity index (χ3v) is 2.98. The lowest BCUT2D eigenvalue weighted by atomic mass is 10.0. The minimum Gasteiger partial charge on any atom is -0.486 e. The predicted octanol–water partition coefficient (Wildman–Crippen LogP) is 2.39. The molecule has 0 atom stereocenters. The fourth-order valence-corrected chi connectivity index (χ4v) is 2.01. The molecule has 0 amide bonds. The molecule has 1 aliphatic heterocycles. The summed E-state index contributed by atoms with van der Waals surface area (Å²) in [6.07, 6.45) is 1.58. The molecule has 0 fully saturated rings. The van der Waals surface area contributed by atoms with Crippen molar-refractivity contribution in [2.45, 2.75) is 6.92 Å². The van der Waals surface area contributed by atoms with Crippen LogP contribution in [0.5, 0.6) is 11.5 Å². The fraction of sp³-hybridized carbons (Fsp3) is 0.200. The summed E-state index contributed by atoms with van der Waals surface area (Å²) in [5.74, 6) is 1.05. The van der Waals surface area contributed by atoms with E-state index in [0.717, 1.165) is 5.69 Å². The first-order valence-electron chi connectivity index (χ1n) is 6.11. The van der Waals surface area contributed by atoms with Crippen molar-refractivity contribution in [3.8, 4) is 11.5 Å². The van der Waals surface area contributed by atoms with E-state index >= 15 is 0 Å². The van der Waals surface area contributed by atoms with E-state index in [1.54, 1.807) is 30.5 Å². The molecule has 0 spiro atoms. The zero-order chi connectivity index (χ0) is 13.2. The number of aryl methyl sites for hydroxylation is 1. The maximum atomic E-state index is 12.5. The van der Waals surface area contributed by atoms with E-state index in [1.165, 1.54) is 0 Å². The van der Waals surface area contributed by atoms with E-state index < -0.39 is 0 Å². The van der Waals surface area contributed by atoms with Crippen LogP contribution in [0.3, 0.4) is 0 Å². The van der Waals surface area contributed by atoms with E-state index in [2.05, 4.69) is 4.98 Å². The molecule has 1 aliphatic rings. The van der Waals surface area contributed by atoms with E-state index in [-0.39, 0.29) is 5.78 Å². The Balaban J connectivity index is 2.02. The number of ether oxygens (including phenoxy) is 2. The number of pyridine rings is 1. The zero-order valence-corrected chi connectivity index (χ0v) is 10.6. The Kier molecular flexibility index (Phi) is 2.91. The van der Waals surface area contributed by atoms with Crippen LogP contribution in [0.2, 0.25) is 0 Å². The number of carbonyl (C=O) groups is 1. The first-order chi connectivity index (χ1) is 9.25. The largest absolute Gasteiger partial charge is 0.486 e. The molecule has 1 aromatic carbocycles. The Morgan fingerprint density at radius 3 is 2.79 bits per heavy atom. The molecule has 0 saturated carbocycles. The molecule has 0 N–H and O–H groups in total. The van der Waals surface area contributed by atoms with Gasteiger partial charge in [-0.2, -0.15) is 0 Å². The van der Waals surface area contributed by atoms with Crippen molar-refractivity contribution in [1.29, 1.82) is 0 Å². The number of rotatable bonds is 2. The summed E-state index contributed by atoms with van der Waals surface area (Å²) in [4.78, 5) is 16.6. The average molecular weight is 255 g/mol. The summed E-state index contributed by atoms with van der Waals surface area (Å²) in [6, 6.07) is 8.93. The highest BCUT2D eigenvalue weighted by Gasteiger charge is 2.21. The molecule has 3 rings (SSSR count). The van der Waals surface area contributed by atoms with Crippen molar-refractivity contribution in [3.63, 3.8) is 0 Å². The van der Waals surface area contributed by atoms with Gasteiger partial charge in [0.2, 0.25) is 0 Å². The van der Waals surface area contributed by atoms with Gasteiger partial charge in [-0.25, -0.2) is 0 Å². The summed E-state index contributed by atoms with van der Waals surface area (Å²) in [5, 5.41) is 0. The number of fused-ring (bicyclic) bond motifs is 1. The van der Waals surface area contributed by atoms with Crippen LogP contribution in [-0.2, 0) is 0 Å². The smallest absolute Gasteiger partial charge is 0.198 e. The van der Waals surface area contributed by atoms with Gasteiger partial charge in [-0.05, 0) is 31.2 Å². The Hall–Kier alpha value is -2.36. The highest BCUT2D eigenvalue weighted by Crippen LogP contribution is 2.34. The second-order valence-corrected chi connectivity index (χ2v) is 4.35. The topological polar surface area (TPSA) is 48.4 Å². The SMILES string of the molecule is Cc1ccc(C(=O)c2cccc3c2OCCO3)cn1. The van der Waals surface area contributed by atoms with E-state index in [4.69, 9.17) is 9.47 Å². The van der Waals surface area contributed by atoms with Gasteiger partial charge in [0.1, 0.15) is 13.2 Å². The van der Waals surface area contributed by atoms with Crippen molar-refractivity contribution in [2.75, 3.05) is 13.2 Å². The minimum atomic E-state index is -0.102. The van der Waals surface area contributed by atoms with Gasteiger partial charge in [-0.3, -0.25) is 9.78 Å². The molecule has 0 radical (unpaired) electrons. The lowest BCUT2D eigenvalue weighted by molar-refractivity contribution is 0.102. The van der Waals surface area contributed by atoms with Gasteiger partial charge in [-0.15, -0.1) is 0 Å². The maximum absolute atomic E-state index is 12.5. The number of nitrogens with zero attached hydrogens (tertiary/aromatic N) is 1. The Morgan fingerprint density at radius 1 is 1.16 bits per heavy atom. The normalized spacial score (nSPS) is 13.1. The van der Waals surface area contributed by atoms with Gasteiger partial charge in [0, 0.05) is 17.5 Å². The van der Waals surface area contributed by atoms with Gasteiger partial charge in [0.25, 0.3) is 0 Å². The standard InChI is InChI=1S/C15H13NO3/c1-10-5-6-11(9-16-10)14(17)12-3-2-4-13-15(12)19-8-7-18-13/h2-6,9H,7-8H2,1H3. The number of ketones is 1. The molecule has 0 saturated heterocycles. The third-order valence-electron chi connectivity index (χ3n) is 2.98. The number of aromatic nitrogens is 1. The van der Waals surface area contributed by atoms with Crippen LogP contribution in [0.15, 0.2) is 36.5 Å². The number of hydrogen-bond donors (Lipinski definition) is 0. The molecular formula is C15H13NO3. The summed E-state index contributed by atoms with van der Waals surface area (Å²) < 4.78 is 11.0.